The maximum atomic E-state index is 11.9. The van der Waals surface area contributed by atoms with Crippen molar-refractivity contribution in [1.82, 2.24) is 14.7 Å². The number of ether oxygens (including phenoxy) is 1. The number of carbonyl (C=O) groups excluding carboxylic acids is 1. The Bertz CT molecular complexity index is 439. The lowest BCUT2D eigenvalue weighted by molar-refractivity contribution is -0.148. The van der Waals surface area contributed by atoms with Crippen molar-refractivity contribution < 1.29 is 9.53 Å². The zero-order valence-electron chi connectivity index (χ0n) is 12.7. The molecule has 1 aromatic heterocycles. The zero-order valence-corrected chi connectivity index (χ0v) is 14.4. The van der Waals surface area contributed by atoms with Crippen LogP contribution in [0.3, 0.4) is 0 Å². The van der Waals surface area contributed by atoms with Crippen molar-refractivity contribution in [3.05, 3.63) is 5.82 Å². The minimum atomic E-state index is -0.659. The number of carbonyl (C=O) groups is 1. The smallest absolute Gasteiger partial charge is 0.325 e. The molecule has 2 unspecified atom stereocenters. The number of thioether (sulfide) groups is 1. The molecule has 5 nitrogen and oxygen atoms in total. The quantitative estimate of drug-likeness (QED) is 0.587. The van der Waals surface area contributed by atoms with E-state index in [4.69, 9.17) is 4.74 Å². The van der Waals surface area contributed by atoms with E-state index in [1.54, 1.807) is 11.8 Å². The van der Waals surface area contributed by atoms with Crippen LogP contribution in [-0.4, -0.2) is 39.8 Å². The zero-order chi connectivity index (χ0) is 15.2. The van der Waals surface area contributed by atoms with Crippen molar-refractivity contribution in [2.75, 3.05) is 13.7 Å². The number of nitrogens with one attached hydrogen (secondary N) is 1. The molecule has 1 N–H and O–H groups in total. The van der Waals surface area contributed by atoms with Crippen LogP contribution in [0.15, 0.2) is 4.34 Å². The molecule has 0 amide bonds. The highest BCUT2D eigenvalue weighted by Crippen LogP contribution is 2.30. The lowest BCUT2D eigenvalue weighted by Gasteiger charge is -2.29. The van der Waals surface area contributed by atoms with Gasteiger partial charge in [-0.15, -0.1) is 0 Å². The molecule has 1 heterocycles. The van der Waals surface area contributed by atoms with Crippen molar-refractivity contribution in [2.45, 2.75) is 55.7 Å². The molecule has 20 heavy (non-hydrogen) atoms. The molecule has 0 aliphatic rings. The number of nitrogens with zero attached hydrogens (tertiary/aromatic N) is 2. The van der Waals surface area contributed by atoms with E-state index in [9.17, 15) is 4.79 Å². The van der Waals surface area contributed by atoms with Crippen molar-refractivity contribution in [1.29, 1.82) is 0 Å². The number of hydrogen-bond donors (Lipinski definition) is 1. The summed E-state index contributed by atoms with van der Waals surface area (Å²) in [6.45, 7) is 8.73. The van der Waals surface area contributed by atoms with Crippen LogP contribution in [0.1, 0.15) is 39.9 Å². The summed E-state index contributed by atoms with van der Waals surface area (Å²) in [7, 11) is 1.42. The first-order chi connectivity index (χ1) is 9.45. The minimum absolute atomic E-state index is 0.224. The van der Waals surface area contributed by atoms with Gasteiger partial charge in [0.25, 0.3) is 0 Å². The summed E-state index contributed by atoms with van der Waals surface area (Å²) < 4.78 is 10.1. The average molecular weight is 317 g/mol. The van der Waals surface area contributed by atoms with Gasteiger partial charge < -0.3 is 10.1 Å². The Labute approximate surface area is 129 Å². The summed E-state index contributed by atoms with van der Waals surface area (Å²) >= 11 is 3.08. The highest BCUT2D eigenvalue weighted by atomic mass is 32.2. The Morgan fingerprint density at radius 3 is 2.75 bits per heavy atom. The normalized spacial score (nSPS) is 15.7. The first-order valence-electron chi connectivity index (χ1n) is 6.77. The van der Waals surface area contributed by atoms with Gasteiger partial charge in [-0.3, -0.25) is 4.79 Å². The summed E-state index contributed by atoms with van der Waals surface area (Å²) in [6, 6.07) is 0. The molecule has 0 aliphatic carbocycles. The van der Waals surface area contributed by atoms with Crippen molar-refractivity contribution >= 4 is 29.3 Å². The summed E-state index contributed by atoms with van der Waals surface area (Å²) in [5, 5.41) is 3.47. The van der Waals surface area contributed by atoms with Crippen LogP contribution in [0.25, 0.3) is 0 Å². The van der Waals surface area contributed by atoms with Crippen LogP contribution in [0.4, 0.5) is 0 Å². The SMILES string of the molecule is CCNC(C)(CC(C)Sc1nc(CC)ns1)C(=O)OC. The van der Waals surface area contributed by atoms with Crippen LogP contribution in [0.5, 0.6) is 0 Å². The molecule has 1 aromatic rings. The molecular formula is C13H23N3O2S2. The Morgan fingerprint density at radius 1 is 1.55 bits per heavy atom. The van der Waals surface area contributed by atoms with Gasteiger partial charge in [0.2, 0.25) is 0 Å². The van der Waals surface area contributed by atoms with Gasteiger partial charge in [-0.1, -0.05) is 32.5 Å². The third-order valence-corrected chi connectivity index (χ3v) is 4.89. The number of methoxy groups -OCH3 is 1. The first-order valence-corrected chi connectivity index (χ1v) is 8.43. The molecule has 0 bridgehead atoms. The fourth-order valence-corrected chi connectivity index (χ4v) is 4.26. The molecule has 0 aromatic carbocycles. The van der Waals surface area contributed by atoms with E-state index >= 15 is 0 Å². The fourth-order valence-electron chi connectivity index (χ4n) is 2.06. The average Bonchev–Trinajstić information content (AvgIpc) is 2.85. The Morgan fingerprint density at radius 2 is 2.25 bits per heavy atom. The second kappa shape index (κ2) is 7.95. The van der Waals surface area contributed by atoms with Gasteiger partial charge in [0, 0.05) is 11.7 Å². The molecule has 7 heteroatoms. The Hall–Kier alpha value is -0.660. The van der Waals surface area contributed by atoms with Gasteiger partial charge in [0.1, 0.15) is 11.4 Å². The van der Waals surface area contributed by atoms with Crippen molar-refractivity contribution in [2.24, 2.45) is 0 Å². The molecular weight excluding hydrogens is 294 g/mol. The monoisotopic (exact) mass is 317 g/mol. The van der Waals surface area contributed by atoms with Crippen molar-refractivity contribution in [3.8, 4) is 0 Å². The predicted molar refractivity (Wildman–Crippen MR) is 83.3 cm³/mol. The third kappa shape index (κ3) is 4.71. The number of aryl methyl sites for hydroxylation is 1. The fraction of sp³-hybridized carbons (Fsp3) is 0.769. The molecule has 0 fully saturated rings. The van der Waals surface area contributed by atoms with Gasteiger partial charge in [-0.25, -0.2) is 4.98 Å². The van der Waals surface area contributed by atoms with Crippen LogP contribution in [0, 0.1) is 0 Å². The maximum Gasteiger partial charge on any atom is 0.325 e. The van der Waals surface area contributed by atoms with Gasteiger partial charge in [0.05, 0.1) is 7.11 Å². The molecule has 2 atom stereocenters. The lowest BCUT2D eigenvalue weighted by atomic mass is 9.96. The standard InChI is InChI=1S/C13H23N3O2S2/c1-6-10-15-12(20-16-10)19-9(3)8-13(4,14-7-2)11(17)18-5/h9,14H,6-8H2,1-5H3. The predicted octanol–water partition coefficient (Wildman–Crippen LogP) is 2.51. The first kappa shape index (κ1) is 17.4. The summed E-state index contributed by atoms with van der Waals surface area (Å²) in [5.41, 5.74) is -0.659. The molecule has 114 valence electrons. The van der Waals surface area contributed by atoms with Crippen LogP contribution < -0.4 is 5.32 Å². The highest BCUT2D eigenvalue weighted by Gasteiger charge is 2.35. The summed E-state index contributed by atoms with van der Waals surface area (Å²) in [6.07, 6.45) is 1.53. The number of likely N-dealkylation sites (N-methyl/N-ethyl adjacent to an activating group) is 1. The van der Waals surface area contributed by atoms with E-state index in [0.29, 0.717) is 6.42 Å². The maximum absolute atomic E-state index is 11.9. The van der Waals surface area contributed by atoms with E-state index in [-0.39, 0.29) is 11.2 Å². The molecule has 0 aliphatic heterocycles. The van der Waals surface area contributed by atoms with Crippen LogP contribution in [-0.2, 0) is 16.0 Å². The summed E-state index contributed by atoms with van der Waals surface area (Å²) in [5.74, 6) is 0.658. The van der Waals surface area contributed by atoms with E-state index in [1.165, 1.54) is 18.6 Å². The largest absolute Gasteiger partial charge is 0.468 e. The van der Waals surface area contributed by atoms with Crippen LogP contribution >= 0.6 is 23.3 Å². The van der Waals surface area contributed by atoms with Gasteiger partial charge in [0.15, 0.2) is 4.34 Å². The van der Waals surface area contributed by atoms with Crippen LogP contribution in [0.2, 0.25) is 0 Å². The van der Waals surface area contributed by atoms with E-state index < -0.39 is 5.54 Å². The molecule has 0 spiro atoms. The van der Waals surface area contributed by atoms with E-state index in [0.717, 1.165) is 23.1 Å². The number of aromatic nitrogens is 2. The highest BCUT2D eigenvalue weighted by molar-refractivity contribution is 8.01. The number of esters is 1. The Kier molecular flexibility index (Phi) is 6.91. The topological polar surface area (TPSA) is 64.1 Å². The number of rotatable bonds is 8. The molecule has 0 saturated heterocycles. The Balaban J connectivity index is 2.66. The van der Waals surface area contributed by atoms with Gasteiger partial charge in [-0.2, -0.15) is 4.37 Å². The van der Waals surface area contributed by atoms with Gasteiger partial charge >= 0.3 is 5.97 Å². The second-order valence-corrected chi connectivity index (χ2v) is 7.25. The molecule has 1 rings (SSSR count). The van der Waals surface area contributed by atoms with Gasteiger partial charge in [-0.05, 0) is 31.4 Å². The third-order valence-electron chi connectivity index (χ3n) is 2.97. The van der Waals surface area contributed by atoms with Crippen molar-refractivity contribution in [3.63, 3.8) is 0 Å². The van der Waals surface area contributed by atoms with E-state index in [2.05, 4.69) is 21.6 Å². The minimum Gasteiger partial charge on any atom is -0.468 e. The van der Waals surface area contributed by atoms with E-state index in [1.807, 2.05) is 20.8 Å². The molecule has 0 radical (unpaired) electrons. The number of hydrogen-bond acceptors (Lipinski definition) is 7. The summed E-state index contributed by atoms with van der Waals surface area (Å²) in [4.78, 5) is 16.4. The lowest BCUT2D eigenvalue weighted by Crippen LogP contribution is -2.51. The second-order valence-electron chi connectivity index (χ2n) is 4.82. The molecule has 0 saturated carbocycles.